The van der Waals surface area contributed by atoms with Crippen LogP contribution in [0, 0.1) is 0 Å². The molecule has 0 spiro atoms. The highest BCUT2D eigenvalue weighted by molar-refractivity contribution is 7.18. The molecule has 0 aliphatic rings. The van der Waals surface area contributed by atoms with Gasteiger partial charge in [0.15, 0.2) is 5.13 Å². The molecule has 3 N–H and O–H groups in total. The number of nitrogens with zero attached hydrogens (tertiary/aromatic N) is 2. The highest BCUT2D eigenvalue weighted by atomic mass is 32.1. The zero-order valence-electron chi connectivity index (χ0n) is 12.0. The lowest BCUT2D eigenvalue weighted by molar-refractivity contribution is 0.0784. The zero-order chi connectivity index (χ0) is 14.6. The van der Waals surface area contributed by atoms with Crippen molar-refractivity contribution >= 4 is 28.2 Å². The Labute approximate surface area is 118 Å². The fourth-order valence-electron chi connectivity index (χ4n) is 1.59. The van der Waals surface area contributed by atoms with Crippen molar-refractivity contribution in [3.63, 3.8) is 0 Å². The number of rotatable bonds is 6. The van der Waals surface area contributed by atoms with Crippen molar-refractivity contribution in [1.29, 1.82) is 0 Å². The van der Waals surface area contributed by atoms with Gasteiger partial charge in [0.2, 0.25) is 0 Å². The van der Waals surface area contributed by atoms with Gasteiger partial charge in [0.25, 0.3) is 5.91 Å². The van der Waals surface area contributed by atoms with Crippen molar-refractivity contribution in [2.45, 2.75) is 33.7 Å². The number of nitrogens with two attached hydrogens (primary N) is 1. The van der Waals surface area contributed by atoms with Crippen LogP contribution in [-0.2, 0) is 0 Å². The maximum Gasteiger partial charge on any atom is 0.268 e. The Morgan fingerprint density at radius 1 is 1.58 bits per heavy atom. The molecule has 0 saturated heterocycles. The second-order valence-corrected chi connectivity index (χ2v) is 5.81. The van der Waals surface area contributed by atoms with Crippen molar-refractivity contribution < 1.29 is 4.79 Å². The number of carbonyl (C=O) groups excluding carboxylic acids is 1. The molecule has 1 amide bonds. The summed E-state index contributed by atoms with van der Waals surface area (Å²) in [5.74, 6) is 0.204. The lowest BCUT2D eigenvalue weighted by Gasteiger charge is -2.20. The quantitative estimate of drug-likeness (QED) is 0.787. The standard InChI is InChI=1S/C13H22N4OS/c1-6-17(7-8(2)3)12(18)10-11(14)16-13(19-10)15-9(4)5/h9H,2,6-7,14H2,1,3-5H3,(H,15,16). The van der Waals surface area contributed by atoms with Gasteiger partial charge in [0.1, 0.15) is 10.7 Å². The first-order valence-corrected chi connectivity index (χ1v) is 7.13. The first-order valence-electron chi connectivity index (χ1n) is 6.31. The highest BCUT2D eigenvalue weighted by Crippen LogP contribution is 2.27. The fraction of sp³-hybridized carbons (Fsp3) is 0.538. The minimum atomic E-state index is -0.0858. The normalized spacial score (nSPS) is 10.6. The second-order valence-electron chi connectivity index (χ2n) is 4.81. The predicted molar refractivity (Wildman–Crippen MR) is 81.7 cm³/mol. The Hall–Kier alpha value is -1.56. The Morgan fingerprint density at radius 2 is 2.21 bits per heavy atom. The van der Waals surface area contributed by atoms with E-state index in [1.54, 1.807) is 4.90 Å². The summed E-state index contributed by atoms with van der Waals surface area (Å²) >= 11 is 1.30. The maximum atomic E-state index is 12.4. The van der Waals surface area contributed by atoms with Gasteiger partial charge in [-0.05, 0) is 27.7 Å². The van der Waals surface area contributed by atoms with E-state index in [1.807, 2.05) is 27.7 Å². The van der Waals surface area contributed by atoms with Gasteiger partial charge in [-0.25, -0.2) is 4.98 Å². The molecule has 0 atom stereocenters. The van der Waals surface area contributed by atoms with Crippen LogP contribution in [0.3, 0.4) is 0 Å². The molecule has 1 aromatic rings. The van der Waals surface area contributed by atoms with Crippen LogP contribution in [-0.4, -0.2) is 34.9 Å². The van der Waals surface area contributed by atoms with Crippen LogP contribution in [0.25, 0.3) is 0 Å². The third-order valence-electron chi connectivity index (χ3n) is 2.39. The Balaban J connectivity index is 2.91. The van der Waals surface area contributed by atoms with E-state index >= 15 is 0 Å². The molecule has 0 aliphatic heterocycles. The van der Waals surface area contributed by atoms with Crippen LogP contribution in [0.5, 0.6) is 0 Å². The molecular weight excluding hydrogens is 260 g/mol. The molecule has 0 radical (unpaired) electrons. The number of thiazole rings is 1. The van der Waals surface area contributed by atoms with E-state index in [4.69, 9.17) is 5.73 Å². The summed E-state index contributed by atoms with van der Waals surface area (Å²) in [7, 11) is 0. The van der Waals surface area contributed by atoms with E-state index in [2.05, 4.69) is 16.9 Å². The fourth-order valence-corrected chi connectivity index (χ4v) is 2.59. The first-order chi connectivity index (χ1) is 8.85. The molecule has 0 unspecified atom stereocenters. The van der Waals surface area contributed by atoms with Crippen LogP contribution in [0.4, 0.5) is 10.9 Å². The van der Waals surface area contributed by atoms with Crippen molar-refractivity contribution in [2.24, 2.45) is 0 Å². The lowest BCUT2D eigenvalue weighted by atomic mass is 10.3. The van der Waals surface area contributed by atoms with E-state index < -0.39 is 0 Å². The number of amides is 1. The molecule has 106 valence electrons. The Kier molecular flexibility index (Phi) is 5.35. The SMILES string of the molecule is C=C(C)CN(CC)C(=O)c1sc(NC(C)C)nc1N. The summed E-state index contributed by atoms with van der Waals surface area (Å²) in [5.41, 5.74) is 6.77. The van der Waals surface area contributed by atoms with Gasteiger partial charge in [0, 0.05) is 19.1 Å². The number of hydrogen-bond donors (Lipinski definition) is 2. The maximum absolute atomic E-state index is 12.4. The minimum absolute atomic E-state index is 0.0858. The number of likely N-dealkylation sites (N-methyl/N-ethyl adjacent to an activating group) is 1. The second kappa shape index (κ2) is 6.56. The van der Waals surface area contributed by atoms with Gasteiger partial charge < -0.3 is 16.0 Å². The van der Waals surface area contributed by atoms with Crippen LogP contribution in [0.2, 0.25) is 0 Å². The van der Waals surface area contributed by atoms with Crippen molar-refractivity contribution in [1.82, 2.24) is 9.88 Å². The number of hydrogen-bond acceptors (Lipinski definition) is 5. The summed E-state index contributed by atoms with van der Waals surface area (Å²) in [5, 5.41) is 3.84. The van der Waals surface area contributed by atoms with Gasteiger partial charge in [0.05, 0.1) is 0 Å². The van der Waals surface area contributed by atoms with Crippen LogP contribution in [0.15, 0.2) is 12.2 Å². The topological polar surface area (TPSA) is 71.2 Å². The number of nitrogens with one attached hydrogen (secondary N) is 1. The summed E-state index contributed by atoms with van der Waals surface area (Å²) < 4.78 is 0. The van der Waals surface area contributed by atoms with E-state index in [1.165, 1.54) is 11.3 Å². The third-order valence-corrected chi connectivity index (χ3v) is 3.38. The molecule has 0 aromatic carbocycles. The predicted octanol–water partition coefficient (Wildman–Crippen LogP) is 2.58. The van der Waals surface area contributed by atoms with Crippen LogP contribution < -0.4 is 11.1 Å². The van der Waals surface area contributed by atoms with Gasteiger partial charge >= 0.3 is 0 Å². The molecule has 6 heteroatoms. The molecule has 0 saturated carbocycles. The number of carbonyl (C=O) groups is 1. The summed E-state index contributed by atoms with van der Waals surface area (Å²) in [6, 6.07) is 0.256. The lowest BCUT2D eigenvalue weighted by Crippen LogP contribution is -2.32. The summed E-state index contributed by atoms with van der Waals surface area (Å²) in [4.78, 5) is 18.8. The Morgan fingerprint density at radius 3 is 2.68 bits per heavy atom. The van der Waals surface area contributed by atoms with Crippen molar-refractivity contribution in [3.8, 4) is 0 Å². The number of aromatic nitrogens is 1. The van der Waals surface area contributed by atoms with E-state index in [-0.39, 0.29) is 11.9 Å². The molecule has 1 aromatic heterocycles. The first kappa shape index (κ1) is 15.5. The number of anilines is 2. The molecule has 0 aliphatic carbocycles. The van der Waals surface area contributed by atoms with Gasteiger partial charge in [-0.2, -0.15) is 0 Å². The number of nitrogen functional groups attached to an aromatic ring is 1. The molecule has 1 heterocycles. The average Bonchev–Trinajstić information content (AvgIpc) is 2.64. The van der Waals surface area contributed by atoms with Gasteiger partial charge in [-0.1, -0.05) is 23.5 Å². The van der Waals surface area contributed by atoms with Crippen LogP contribution in [0.1, 0.15) is 37.4 Å². The Bertz CT molecular complexity index is 467. The summed E-state index contributed by atoms with van der Waals surface area (Å²) in [6.07, 6.45) is 0. The van der Waals surface area contributed by atoms with E-state index in [0.717, 1.165) is 5.57 Å². The largest absolute Gasteiger partial charge is 0.382 e. The van der Waals surface area contributed by atoms with Gasteiger partial charge in [-0.15, -0.1) is 0 Å². The molecule has 5 nitrogen and oxygen atoms in total. The van der Waals surface area contributed by atoms with E-state index in [0.29, 0.717) is 28.9 Å². The van der Waals surface area contributed by atoms with E-state index in [9.17, 15) is 4.79 Å². The highest BCUT2D eigenvalue weighted by Gasteiger charge is 2.21. The monoisotopic (exact) mass is 282 g/mol. The molecular formula is C13H22N4OS. The zero-order valence-corrected chi connectivity index (χ0v) is 12.8. The van der Waals surface area contributed by atoms with Crippen LogP contribution >= 0.6 is 11.3 Å². The molecule has 19 heavy (non-hydrogen) atoms. The molecule has 0 bridgehead atoms. The average molecular weight is 282 g/mol. The molecule has 0 fully saturated rings. The van der Waals surface area contributed by atoms with Crippen molar-refractivity contribution in [2.75, 3.05) is 24.1 Å². The third kappa shape index (κ3) is 4.24. The smallest absolute Gasteiger partial charge is 0.268 e. The summed E-state index contributed by atoms with van der Waals surface area (Å²) in [6.45, 7) is 12.9. The van der Waals surface area contributed by atoms with Gasteiger partial charge in [-0.3, -0.25) is 4.79 Å². The minimum Gasteiger partial charge on any atom is -0.382 e. The van der Waals surface area contributed by atoms with Crippen molar-refractivity contribution in [3.05, 3.63) is 17.0 Å². The molecule has 1 rings (SSSR count).